The Bertz CT molecular complexity index is 692. The maximum atomic E-state index is 12.7. The fraction of sp³-hybridized carbons (Fsp3) is 0.231. The highest BCUT2D eigenvalue weighted by atomic mass is 19.4. The largest absolute Gasteiger partial charge is 0.504 e. The van der Waals surface area contributed by atoms with E-state index in [4.69, 9.17) is 0 Å². The molecule has 0 spiro atoms. The summed E-state index contributed by atoms with van der Waals surface area (Å²) in [4.78, 5) is 11.5. The number of aromatic hydroxyl groups is 1. The Labute approximate surface area is 117 Å². The monoisotopic (exact) mass is 300 g/mol. The normalized spacial score (nSPS) is 11.5. The number of rotatable bonds is 2. The third-order valence-electron chi connectivity index (χ3n) is 2.86. The van der Waals surface area contributed by atoms with Gasteiger partial charge in [-0.05, 0) is 12.1 Å². The number of aryl methyl sites for hydroxylation is 1. The summed E-state index contributed by atoms with van der Waals surface area (Å²) in [7, 11) is 2.50. The molecule has 0 aliphatic heterocycles. The van der Waals surface area contributed by atoms with Crippen LogP contribution in [0.2, 0.25) is 0 Å². The zero-order valence-corrected chi connectivity index (χ0v) is 11.1. The van der Waals surface area contributed by atoms with Crippen LogP contribution in [0.15, 0.2) is 24.3 Å². The molecule has 2 rings (SSSR count). The zero-order valence-electron chi connectivity index (χ0n) is 11.1. The number of carbonyl (C=O) groups is 1. The molecule has 0 saturated heterocycles. The minimum Gasteiger partial charge on any atom is -0.504 e. The molecule has 0 amide bonds. The number of ether oxygens (including phenoxy) is 1. The van der Waals surface area contributed by atoms with E-state index >= 15 is 0 Å². The highest BCUT2D eigenvalue weighted by Crippen LogP contribution is 2.35. The summed E-state index contributed by atoms with van der Waals surface area (Å²) >= 11 is 0. The Morgan fingerprint density at radius 3 is 2.62 bits per heavy atom. The van der Waals surface area contributed by atoms with Gasteiger partial charge in [0.1, 0.15) is 5.69 Å². The number of esters is 1. The Morgan fingerprint density at radius 1 is 1.38 bits per heavy atom. The van der Waals surface area contributed by atoms with Crippen LogP contribution in [-0.4, -0.2) is 28.0 Å². The second-order valence-corrected chi connectivity index (χ2v) is 4.24. The molecule has 1 N–H and O–H groups in total. The predicted molar refractivity (Wildman–Crippen MR) is 66.7 cm³/mol. The van der Waals surface area contributed by atoms with Gasteiger partial charge in [0.15, 0.2) is 11.4 Å². The lowest BCUT2D eigenvalue weighted by molar-refractivity contribution is -0.137. The summed E-state index contributed by atoms with van der Waals surface area (Å²) in [5.41, 5.74) is -1.17. The van der Waals surface area contributed by atoms with Crippen LogP contribution >= 0.6 is 0 Å². The molecule has 1 aromatic heterocycles. The van der Waals surface area contributed by atoms with Gasteiger partial charge in [0.25, 0.3) is 0 Å². The summed E-state index contributed by atoms with van der Waals surface area (Å²) in [6, 6.07) is 4.32. The molecule has 0 unspecified atom stereocenters. The molecule has 0 radical (unpaired) electrons. The van der Waals surface area contributed by atoms with E-state index in [0.29, 0.717) is 0 Å². The van der Waals surface area contributed by atoms with Gasteiger partial charge < -0.3 is 9.84 Å². The molecule has 0 atom stereocenters. The van der Waals surface area contributed by atoms with Crippen LogP contribution in [0, 0.1) is 0 Å². The van der Waals surface area contributed by atoms with E-state index in [1.807, 2.05) is 0 Å². The minimum absolute atomic E-state index is 0.0491. The van der Waals surface area contributed by atoms with Crippen LogP contribution in [0.25, 0.3) is 11.3 Å². The van der Waals surface area contributed by atoms with Crippen molar-refractivity contribution in [2.45, 2.75) is 6.18 Å². The zero-order chi connectivity index (χ0) is 15.8. The Balaban J connectivity index is 2.56. The van der Waals surface area contributed by atoms with Crippen molar-refractivity contribution in [3.05, 3.63) is 35.5 Å². The van der Waals surface area contributed by atoms with Gasteiger partial charge >= 0.3 is 12.1 Å². The third kappa shape index (κ3) is 2.69. The van der Waals surface area contributed by atoms with Gasteiger partial charge in [0.05, 0.1) is 12.7 Å². The van der Waals surface area contributed by atoms with Crippen LogP contribution in [0.3, 0.4) is 0 Å². The maximum absolute atomic E-state index is 12.7. The fourth-order valence-corrected chi connectivity index (χ4v) is 1.88. The summed E-state index contributed by atoms with van der Waals surface area (Å²) in [5, 5.41) is 13.9. The fourth-order valence-electron chi connectivity index (χ4n) is 1.88. The van der Waals surface area contributed by atoms with Crippen molar-refractivity contribution >= 4 is 5.97 Å². The number of benzene rings is 1. The van der Waals surface area contributed by atoms with Crippen LogP contribution in [-0.2, 0) is 18.0 Å². The van der Waals surface area contributed by atoms with E-state index in [2.05, 4.69) is 9.84 Å². The van der Waals surface area contributed by atoms with Gasteiger partial charge in [-0.2, -0.15) is 18.3 Å². The molecule has 21 heavy (non-hydrogen) atoms. The lowest BCUT2D eigenvalue weighted by Crippen LogP contribution is -2.08. The molecule has 0 bridgehead atoms. The molecule has 1 aromatic carbocycles. The summed E-state index contributed by atoms with van der Waals surface area (Å²) in [6.45, 7) is 0. The van der Waals surface area contributed by atoms with Crippen molar-refractivity contribution in [3.63, 3.8) is 0 Å². The van der Waals surface area contributed by atoms with Crippen molar-refractivity contribution in [1.82, 2.24) is 9.78 Å². The number of carbonyl (C=O) groups excluding carboxylic acids is 1. The van der Waals surface area contributed by atoms with Gasteiger partial charge in [-0.15, -0.1) is 0 Å². The third-order valence-corrected chi connectivity index (χ3v) is 2.86. The number of hydrogen-bond donors (Lipinski definition) is 1. The lowest BCUT2D eigenvalue weighted by atomic mass is 10.1. The number of hydrogen-bond acceptors (Lipinski definition) is 4. The summed E-state index contributed by atoms with van der Waals surface area (Å²) in [5.74, 6) is -1.36. The Hall–Kier alpha value is -2.51. The summed E-state index contributed by atoms with van der Waals surface area (Å²) < 4.78 is 43.6. The smallest absolute Gasteiger partial charge is 0.416 e. The minimum atomic E-state index is -4.51. The second kappa shape index (κ2) is 5.12. The quantitative estimate of drug-likeness (QED) is 0.866. The van der Waals surface area contributed by atoms with Gasteiger partial charge in [0.2, 0.25) is 0 Å². The average Bonchev–Trinajstić information content (AvgIpc) is 2.72. The molecule has 0 saturated carbocycles. The first-order valence-electron chi connectivity index (χ1n) is 5.77. The van der Waals surface area contributed by atoms with E-state index in [9.17, 15) is 23.1 Å². The van der Waals surface area contributed by atoms with Crippen molar-refractivity contribution in [3.8, 4) is 17.0 Å². The first-order chi connectivity index (χ1) is 9.75. The topological polar surface area (TPSA) is 64.3 Å². The van der Waals surface area contributed by atoms with E-state index < -0.39 is 23.5 Å². The molecule has 5 nitrogen and oxygen atoms in total. The molecular formula is C13H11F3N2O3. The molecular weight excluding hydrogens is 289 g/mol. The molecule has 112 valence electrons. The number of halogens is 3. The second-order valence-electron chi connectivity index (χ2n) is 4.24. The predicted octanol–water partition coefficient (Wildman–Crippen LogP) is 2.60. The molecule has 1 heterocycles. The summed E-state index contributed by atoms with van der Waals surface area (Å²) in [6.07, 6.45) is -4.51. The van der Waals surface area contributed by atoms with E-state index in [-0.39, 0.29) is 17.0 Å². The van der Waals surface area contributed by atoms with Gasteiger partial charge in [0, 0.05) is 12.6 Å². The molecule has 0 aliphatic carbocycles. The van der Waals surface area contributed by atoms with Crippen LogP contribution in [0.4, 0.5) is 13.2 Å². The molecule has 2 aromatic rings. The first kappa shape index (κ1) is 14.9. The van der Waals surface area contributed by atoms with Crippen LogP contribution in [0.1, 0.15) is 16.1 Å². The number of methoxy groups -OCH3 is 1. The lowest BCUT2D eigenvalue weighted by Gasteiger charge is -2.07. The van der Waals surface area contributed by atoms with Crippen molar-refractivity contribution in [1.29, 1.82) is 0 Å². The van der Waals surface area contributed by atoms with Gasteiger partial charge in [-0.1, -0.05) is 12.1 Å². The Morgan fingerprint density at radius 2 is 2.05 bits per heavy atom. The number of nitrogens with zero attached hydrogens (tertiary/aromatic N) is 2. The standard InChI is InChI=1S/C13H11F3N2O3/c1-18-10(12(20)21-2)11(19)9(17-18)7-4-3-5-8(6-7)13(14,15)16/h3-6,19H,1-2H3. The first-order valence-corrected chi connectivity index (χ1v) is 5.77. The average molecular weight is 300 g/mol. The molecule has 0 aliphatic rings. The molecule has 8 heteroatoms. The highest BCUT2D eigenvalue weighted by molar-refractivity contribution is 5.93. The highest BCUT2D eigenvalue weighted by Gasteiger charge is 2.31. The van der Waals surface area contributed by atoms with Crippen LogP contribution < -0.4 is 0 Å². The van der Waals surface area contributed by atoms with Crippen LogP contribution in [0.5, 0.6) is 5.75 Å². The maximum Gasteiger partial charge on any atom is 0.416 e. The van der Waals surface area contributed by atoms with Crippen molar-refractivity contribution in [2.24, 2.45) is 7.05 Å². The number of alkyl halides is 3. The SMILES string of the molecule is COC(=O)c1c(O)c(-c2cccc(C(F)(F)F)c2)nn1C. The van der Waals surface area contributed by atoms with Gasteiger partial charge in [-0.25, -0.2) is 4.79 Å². The Kier molecular flexibility index (Phi) is 3.63. The van der Waals surface area contributed by atoms with Crippen molar-refractivity contribution in [2.75, 3.05) is 7.11 Å². The molecule has 0 fully saturated rings. The van der Waals surface area contributed by atoms with E-state index in [1.165, 1.54) is 19.2 Å². The van der Waals surface area contributed by atoms with Crippen molar-refractivity contribution < 1.29 is 27.8 Å². The van der Waals surface area contributed by atoms with E-state index in [0.717, 1.165) is 23.9 Å². The number of aromatic nitrogens is 2. The van der Waals surface area contributed by atoms with Gasteiger partial charge in [-0.3, -0.25) is 4.68 Å². The van der Waals surface area contributed by atoms with E-state index in [1.54, 1.807) is 0 Å².